The Bertz CT molecular complexity index is 736. The minimum Gasteiger partial charge on any atom is -0.465 e. The van der Waals surface area contributed by atoms with Crippen molar-refractivity contribution >= 4 is 18.0 Å². The number of aromatic nitrogens is 2. The fraction of sp³-hybridized carbons (Fsp3) is 0.429. The van der Waals surface area contributed by atoms with Crippen LogP contribution in [0.4, 0.5) is 10.2 Å². The Kier molecular flexibility index (Phi) is 14.0. The first-order valence-electron chi connectivity index (χ1n) is 9.64. The molecule has 166 valence electrons. The highest BCUT2D eigenvalue weighted by Gasteiger charge is 2.26. The molecule has 0 bridgehead atoms. The van der Waals surface area contributed by atoms with Gasteiger partial charge in [0.25, 0.3) is 0 Å². The number of nitrogen functional groups attached to an aromatic ring is 1. The predicted molar refractivity (Wildman–Crippen MR) is 119 cm³/mol. The third kappa shape index (κ3) is 10.4. The smallest absolute Gasteiger partial charge is 0.315 e. The van der Waals surface area contributed by atoms with Crippen LogP contribution in [0.5, 0.6) is 0 Å². The Hall–Kier alpha value is -3.23. The van der Waals surface area contributed by atoms with Gasteiger partial charge in [-0.1, -0.05) is 32.6 Å². The van der Waals surface area contributed by atoms with Crippen molar-refractivity contribution in [2.45, 2.75) is 39.0 Å². The number of allylic oxidation sites excluding steroid dienone is 2. The summed E-state index contributed by atoms with van der Waals surface area (Å²) in [6.45, 7) is 10.4. The van der Waals surface area contributed by atoms with Gasteiger partial charge in [0.15, 0.2) is 0 Å². The van der Waals surface area contributed by atoms with Gasteiger partial charge in [-0.2, -0.15) is 5.10 Å². The Balaban J connectivity index is 0.00000263. The summed E-state index contributed by atoms with van der Waals surface area (Å²) in [6, 6.07) is 0. The first-order chi connectivity index (χ1) is 14.3. The number of nitrogens with two attached hydrogens (primary N) is 2. The molecule has 0 amide bonds. The molecular weight excluding hydrogens is 387 g/mol. The number of carbonyl (C=O) groups excluding carboxylic acids is 1. The fourth-order valence-electron chi connectivity index (χ4n) is 2.53. The van der Waals surface area contributed by atoms with Crippen LogP contribution in [0.15, 0.2) is 48.8 Å². The number of esters is 1. The number of nitrogens with zero attached hydrogens (tertiary/aromatic N) is 4. The summed E-state index contributed by atoms with van der Waals surface area (Å²) in [5.74, 6) is -1.02. The van der Waals surface area contributed by atoms with E-state index in [9.17, 15) is 9.18 Å². The second-order valence-corrected chi connectivity index (χ2v) is 6.17. The van der Waals surface area contributed by atoms with E-state index in [1.807, 2.05) is 6.92 Å². The van der Waals surface area contributed by atoms with Crippen LogP contribution in [-0.4, -0.2) is 47.4 Å². The van der Waals surface area contributed by atoms with E-state index in [0.717, 1.165) is 12.0 Å². The molecule has 1 aromatic heterocycles. The molecule has 0 aromatic carbocycles. The van der Waals surface area contributed by atoms with Gasteiger partial charge in [-0.15, -0.1) is 0 Å². The number of hydrogen-bond acceptors (Lipinski definition) is 8. The van der Waals surface area contributed by atoms with Crippen LogP contribution < -0.4 is 11.5 Å². The Morgan fingerprint density at radius 1 is 1.43 bits per heavy atom. The average Bonchev–Trinajstić information content (AvgIpc) is 2.67. The van der Waals surface area contributed by atoms with Gasteiger partial charge in [-0.3, -0.25) is 9.80 Å². The van der Waals surface area contributed by atoms with Gasteiger partial charge < -0.3 is 16.2 Å². The topological polar surface area (TPSA) is 120 Å². The lowest BCUT2D eigenvalue weighted by Crippen LogP contribution is -2.19. The van der Waals surface area contributed by atoms with Crippen molar-refractivity contribution in [2.24, 2.45) is 10.8 Å². The molecule has 0 aliphatic carbocycles. The summed E-state index contributed by atoms with van der Waals surface area (Å²) >= 11 is 0. The number of anilines is 1. The highest BCUT2D eigenvalue weighted by atomic mass is 19.1. The minimum atomic E-state index is -0.579. The molecule has 0 spiro atoms. The number of hydrazone groups is 1. The standard InChI is InChI=1S/C19H28FN5O2.C2H5N/c1-5-9-15-17(22-13-23-18(15)21)16(19(26)27-6-2)10-7-8-11-24-25(4)12-14(3)20;1-2-3/h7-8,11,13,16H,3,5-6,9-10,12H2,1-2,4H3,(H2,21,22,23);2H,1,3H2/b8-7+,24-11-;. The van der Waals surface area contributed by atoms with Gasteiger partial charge in [0, 0.05) is 18.8 Å². The lowest BCUT2D eigenvalue weighted by molar-refractivity contribution is -0.145. The molecule has 1 heterocycles. The van der Waals surface area contributed by atoms with E-state index in [1.54, 1.807) is 26.1 Å². The number of halogens is 1. The van der Waals surface area contributed by atoms with Gasteiger partial charge in [-0.25, -0.2) is 14.4 Å². The van der Waals surface area contributed by atoms with Crippen molar-refractivity contribution in [3.63, 3.8) is 0 Å². The summed E-state index contributed by atoms with van der Waals surface area (Å²) in [6.07, 6.45) is 9.52. The molecule has 0 fully saturated rings. The summed E-state index contributed by atoms with van der Waals surface area (Å²) in [4.78, 5) is 20.8. The summed E-state index contributed by atoms with van der Waals surface area (Å²) < 4.78 is 17.9. The number of ether oxygens (including phenoxy) is 1. The SMILES string of the molecule is C=C(F)CN(C)/N=C\C=C\CC(C(=O)OCC)c1ncnc(N)c1CCC.C=CN. The number of likely N-dealkylation sites (N-methyl/N-ethyl adjacent to an activating group) is 1. The Morgan fingerprint density at radius 2 is 2.10 bits per heavy atom. The largest absolute Gasteiger partial charge is 0.465 e. The lowest BCUT2D eigenvalue weighted by Gasteiger charge is -2.17. The molecule has 4 N–H and O–H groups in total. The van der Waals surface area contributed by atoms with E-state index in [0.29, 0.717) is 24.4 Å². The third-order valence-corrected chi connectivity index (χ3v) is 3.67. The van der Waals surface area contributed by atoms with Crippen LogP contribution in [0.2, 0.25) is 0 Å². The zero-order chi connectivity index (χ0) is 22.9. The molecule has 1 atom stereocenters. The molecule has 30 heavy (non-hydrogen) atoms. The maximum atomic E-state index is 12.7. The minimum absolute atomic E-state index is 0.0242. The van der Waals surface area contributed by atoms with Crippen molar-refractivity contribution in [3.8, 4) is 0 Å². The lowest BCUT2D eigenvalue weighted by atomic mass is 9.94. The zero-order valence-corrected chi connectivity index (χ0v) is 18.1. The highest BCUT2D eigenvalue weighted by molar-refractivity contribution is 5.79. The Morgan fingerprint density at radius 3 is 2.67 bits per heavy atom. The van der Waals surface area contributed by atoms with Crippen LogP contribution in [-0.2, 0) is 16.0 Å². The van der Waals surface area contributed by atoms with E-state index in [2.05, 4.69) is 34.0 Å². The van der Waals surface area contributed by atoms with Crippen molar-refractivity contribution in [2.75, 3.05) is 25.9 Å². The molecule has 8 nitrogen and oxygen atoms in total. The number of hydrogen-bond donors (Lipinski definition) is 2. The molecule has 0 aliphatic rings. The highest BCUT2D eigenvalue weighted by Crippen LogP contribution is 2.27. The van der Waals surface area contributed by atoms with Crippen molar-refractivity contribution in [3.05, 3.63) is 54.9 Å². The van der Waals surface area contributed by atoms with E-state index >= 15 is 0 Å². The molecule has 0 saturated heterocycles. The third-order valence-electron chi connectivity index (χ3n) is 3.67. The first-order valence-corrected chi connectivity index (χ1v) is 9.64. The molecule has 0 aliphatic heterocycles. The molecule has 0 radical (unpaired) electrons. The molecule has 1 rings (SSSR count). The summed E-state index contributed by atoms with van der Waals surface area (Å²) in [7, 11) is 1.64. The van der Waals surface area contributed by atoms with E-state index in [4.69, 9.17) is 10.5 Å². The van der Waals surface area contributed by atoms with E-state index in [1.165, 1.54) is 23.8 Å². The molecular formula is C21H33FN6O2. The van der Waals surface area contributed by atoms with Crippen LogP contribution >= 0.6 is 0 Å². The Labute approximate surface area is 178 Å². The number of carbonyl (C=O) groups is 1. The van der Waals surface area contributed by atoms with Gasteiger partial charge in [-0.05, 0) is 32.0 Å². The van der Waals surface area contributed by atoms with Crippen LogP contribution in [0.1, 0.15) is 43.9 Å². The van der Waals surface area contributed by atoms with Crippen molar-refractivity contribution in [1.29, 1.82) is 0 Å². The van der Waals surface area contributed by atoms with Crippen LogP contribution in [0.3, 0.4) is 0 Å². The summed E-state index contributed by atoms with van der Waals surface area (Å²) in [5, 5.41) is 5.45. The van der Waals surface area contributed by atoms with Gasteiger partial charge in [0.1, 0.15) is 23.9 Å². The first kappa shape index (κ1) is 26.8. The van der Waals surface area contributed by atoms with Gasteiger partial charge in [0.2, 0.25) is 0 Å². The maximum absolute atomic E-state index is 12.7. The van der Waals surface area contributed by atoms with Crippen molar-refractivity contribution in [1.82, 2.24) is 15.0 Å². The van der Waals surface area contributed by atoms with Crippen molar-refractivity contribution < 1.29 is 13.9 Å². The van der Waals surface area contributed by atoms with Gasteiger partial charge >= 0.3 is 5.97 Å². The van der Waals surface area contributed by atoms with E-state index in [-0.39, 0.29) is 19.1 Å². The monoisotopic (exact) mass is 420 g/mol. The second-order valence-electron chi connectivity index (χ2n) is 6.17. The average molecular weight is 421 g/mol. The van der Waals surface area contributed by atoms with Crippen LogP contribution in [0.25, 0.3) is 0 Å². The fourth-order valence-corrected chi connectivity index (χ4v) is 2.53. The zero-order valence-electron chi connectivity index (χ0n) is 18.1. The number of rotatable bonds is 11. The predicted octanol–water partition coefficient (Wildman–Crippen LogP) is 3.09. The van der Waals surface area contributed by atoms with Gasteiger partial charge in [0.05, 0.1) is 18.8 Å². The quantitative estimate of drug-likeness (QED) is 0.321. The maximum Gasteiger partial charge on any atom is 0.315 e. The van der Waals surface area contributed by atoms with E-state index < -0.39 is 11.7 Å². The molecule has 9 heteroatoms. The van der Waals surface area contributed by atoms with Crippen LogP contribution in [0, 0.1) is 0 Å². The molecule has 0 saturated carbocycles. The molecule has 1 aromatic rings. The second kappa shape index (κ2) is 15.7. The normalized spacial score (nSPS) is 11.6. The molecule has 1 unspecified atom stereocenters. The summed E-state index contributed by atoms with van der Waals surface area (Å²) in [5.41, 5.74) is 12.0.